The summed E-state index contributed by atoms with van der Waals surface area (Å²) in [4.78, 5) is 0.703. The van der Waals surface area contributed by atoms with E-state index in [0.717, 1.165) is 17.8 Å². The van der Waals surface area contributed by atoms with Crippen LogP contribution in [0.5, 0.6) is 0 Å². The van der Waals surface area contributed by atoms with Crippen LogP contribution in [0.3, 0.4) is 0 Å². The van der Waals surface area contributed by atoms with Gasteiger partial charge < -0.3 is 14.8 Å². The van der Waals surface area contributed by atoms with E-state index in [-0.39, 0.29) is 6.10 Å². The minimum Gasteiger partial charge on any atom is -0.501 e. The van der Waals surface area contributed by atoms with E-state index >= 15 is 0 Å². The molecule has 1 unspecified atom stereocenters. The lowest BCUT2D eigenvalue weighted by atomic mass is 10.0. The van der Waals surface area contributed by atoms with Crippen LogP contribution in [0.15, 0.2) is 35.6 Å². The van der Waals surface area contributed by atoms with E-state index in [1.54, 1.807) is 14.2 Å². The maximum absolute atomic E-state index is 5.38. The molecule has 0 radical (unpaired) electrons. The molecule has 1 rings (SSSR count). The average molecular weight is 269 g/mol. The van der Waals surface area contributed by atoms with Gasteiger partial charge in [-0.25, -0.2) is 0 Å². The molecule has 3 nitrogen and oxygen atoms in total. The molecule has 0 spiro atoms. The van der Waals surface area contributed by atoms with Gasteiger partial charge in [-0.15, -0.1) is 0 Å². The Morgan fingerprint density at radius 1 is 1.39 bits per heavy atom. The monoisotopic (exact) mass is 269 g/mol. The van der Waals surface area contributed by atoms with Crippen molar-refractivity contribution in [1.29, 1.82) is 0 Å². The van der Waals surface area contributed by atoms with Crippen LogP contribution < -0.4 is 5.32 Å². The number of nitrogens with one attached hydrogen (secondary N) is 1. The normalized spacial score (nSPS) is 24.2. The summed E-state index contributed by atoms with van der Waals surface area (Å²) in [6.07, 6.45) is 8.46. The van der Waals surface area contributed by atoms with Gasteiger partial charge in [0.25, 0.3) is 0 Å². The number of rotatable bonds is 3. The predicted molar refractivity (Wildman–Crippen MR) is 80.7 cm³/mol. The minimum atomic E-state index is -0.102. The molecule has 0 amide bonds. The van der Waals surface area contributed by atoms with Gasteiger partial charge in [-0.3, -0.25) is 0 Å². The third-order valence-electron chi connectivity index (χ3n) is 2.40. The number of likely N-dealkylation sites (N-methyl/N-ethyl adjacent to an activating group) is 1. The van der Waals surface area contributed by atoms with Crippen molar-refractivity contribution in [3.63, 3.8) is 0 Å². The summed E-state index contributed by atoms with van der Waals surface area (Å²) in [5.41, 5.74) is 0.971. The molecule has 1 N–H and O–H groups in total. The average Bonchev–Trinajstić information content (AvgIpc) is 2.41. The highest BCUT2D eigenvalue weighted by molar-refractivity contribution is 7.80. The van der Waals surface area contributed by atoms with Gasteiger partial charge in [0, 0.05) is 26.2 Å². The molecule has 0 saturated carbocycles. The van der Waals surface area contributed by atoms with E-state index in [4.69, 9.17) is 21.7 Å². The van der Waals surface area contributed by atoms with Crippen molar-refractivity contribution in [1.82, 2.24) is 5.32 Å². The Bertz CT molecular complexity index is 346. The smallest absolute Gasteiger partial charge is 0.104 e. The van der Waals surface area contributed by atoms with E-state index in [1.165, 1.54) is 0 Å². The van der Waals surface area contributed by atoms with Crippen LogP contribution in [0, 0.1) is 0 Å². The molecule has 0 aliphatic heterocycles. The zero-order valence-corrected chi connectivity index (χ0v) is 12.6. The molecule has 0 aromatic carbocycles. The highest BCUT2D eigenvalue weighted by atomic mass is 32.1. The fourth-order valence-corrected chi connectivity index (χ4v) is 1.68. The van der Waals surface area contributed by atoms with Gasteiger partial charge in [-0.05, 0) is 6.08 Å². The molecular formula is C14H23NO2S. The highest BCUT2D eigenvalue weighted by Gasteiger charge is 2.15. The van der Waals surface area contributed by atoms with Gasteiger partial charge in [0.15, 0.2) is 0 Å². The summed E-state index contributed by atoms with van der Waals surface area (Å²) in [6.45, 7) is 4.00. The predicted octanol–water partition coefficient (Wildman–Crippen LogP) is 2.99. The van der Waals surface area contributed by atoms with Crippen LogP contribution in [0.4, 0.5) is 0 Å². The van der Waals surface area contributed by atoms with Gasteiger partial charge in [0.1, 0.15) is 11.1 Å². The van der Waals surface area contributed by atoms with Crippen molar-refractivity contribution >= 4 is 17.2 Å². The van der Waals surface area contributed by atoms with E-state index in [1.807, 2.05) is 45.2 Å². The first kappa shape index (κ1) is 16.9. The lowest BCUT2D eigenvalue weighted by molar-refractivity contribution is 0.172. The molecule has 102 valence electrons. The van der Waals surface area contributed by atoms with E-state index < -0.39 is 0 Å². The Balaban J connectivity index is 0.00000137. The van der Waals surface area contributed by atoms with Gasteiger partial charge in [0.2, 0.25) is 0 Å². The quantitative estimate of drug-likeness (QED) is 0.798. The molecular weight excluding hydrogens is 246 g/mol. The fraction of sp³-hybridized carbons (Fsp3) is 0.500. The van der Waals surface area contributed by atoms with Gasteiger partial charge in [-0.1, -0.05) is 44.3 Å². The summed E-state index contributed by atoms with van der Waals surface area (Å²) in [5, 5.41) is 2.97. The molecule has 4 heteroatoms. The van der Waals surface area contributed by atoms with Crippen LogP contribution in [0.1, 0.15) is 20.3 Å². The third kappa shape index (κ3) is 5.02. The second-order valence-corrected chi connectivity index (χ2v) is 3.73. The summed E-state index contributed by atoms with van der Waals surface area (Å²) < 4.78 is 10.6. The van der Waals surface area contributed by atoms with E-state index in [0.29, 0.717) is 4.99 Å². The van der Waals surface area contributed by atoms with Crippen LogP contribution in [0.25, 0.3) is 0 Å². The zero-order valence-electron chi connectivity index (χ0n) is 11.8. The van der Waals surface area contributed by atoms with Crippen molar-refractivity contribution in [2.45, 2.75) is 26.4 Å². The molecule has 0 bridgehead atoms. The first-order chi connectivity index (χ1) is 8.72. The molecule has 1 atom stereocenters. The lowest BCUT2D eigenvalue weighted by Crippen LogP contribution is -2.26. The van der Waals surface area contributed by atoms with Crippen molar-refractivity contribution in [2.24, 2.45) is 0 Å². The molecule has 0 fully saturated rings. The van der Waals surface area contributed by atoms with Gasteiger partial charge in [0.05, 0.1) is 12.9 Å². The van der Waals surface area contributed by atoms with E-state index in [9.17, 15) is 0 Å². The van der Waals surface area contributed by atoms with Crippen molar-refractivity contribution in [3.8, 4) is 0 Å². The standard InChI is InChI=1S/C12H17NO2S.C2H6/c1-13-12(16)10-8-7-9(14-2)5-4-6-11(10)15-3;1-2/h4-6,8,11H,7H2,1-3H3,(H,13,16);1-2H3/b6-4?,9-5+,10-8+;. The van der Waals surface area contributed by atoms with Crippen molar-refractivity contribution < 1.29 is 9.47 Å². The molecule has 0 aromatic heterocycles. The number of methoxy groups -OCH3 is 2. The summed E-state index contributed by atoms with van der Waals surface area (Å²) >= 11 is 5.24. The molecule has 0 aromatic rings. The molecule has 1 aliphatic carbocycles. The number of ether oxygens (including phenoxy) is 2. The first-order valence-electron chi connectivity index (χ1n) is 6.09. The number of hydrogen-bond donors (Lipinski definition) is 1. The largest absolute Gasteiger partial charge is 0.501 e. The van der Waals surface area contributed by atoms with Gasteiger partial charge in [-0.2, -0.15) is 0 Å². The topological polar surface area (TPSA) is 30.5 Å². The Labute approximate surface area is 116 Å². The van der Waals surface area contributed by atoms with Crippen molar-refractivity contribution in [2.75, 3.05) is 21.3 Å². The number of allylic oxidation sites excluding steroid dienone is 3. The van der Waals surface area contributed by atoms with Gasteiger partial charge >= 0.3 is 0 Å². The molecule has 0 heterocycles. The SMILES string of the molecule is CC.CNC(=S)/C1=C/C/C(OC)=C\C=CC1OC. The fourth-order valence-electron chi connectivity index (χ4n) is 1.49. The Morgan fingerprint density at radius 3 is 2.56 bits per heavy atom. The highest BCUT2D eigenvalue weighted by Crippen LogP contribution is 2.16. The van der Waals surface area contributed by atoms with Crippen LogP contribution in [-0.4, -0.2) is 32.4 Å². The summed E-state index contributed by atoms with van der Waals surface area (Å²) in [5.74, 6) is 0.905. The maximum atomic E-state index is 5.38. The van der Waals surface area contributed by atoms with Crippen LogP contribution in [-0.2, 0) is 9.47 Å². The van der Waals surface area contributed by atoms with E-state index in [2.05, 4.69) is 5.32 Å². The number of hydrogen-bond acceptors (Lipinski definition) is 3. The van der Waals surface area contributed by atoms with Crippen LogP contribution in [0.2, 0.25) is 0 Å². The Hall–Kier alpha value is -1.13. The second-order valence-electron chi connectivity index (χ2n) is 3.32. The maximum Gasteiger partial charge on any atom is 0.104 e. The Morgan fingerprint density at radius 2 is 2.06 bits per heavy atom. The summed E-state index contributed by atoms with van der Waals surface area (Å²) in [6, 6.07) is 0. The molecule has 18 heavy (non-hydrogen) atoms. The minimum absolute atomic E-state index is 0.102. The van der Waals surface area contributed by atoms with Crippen LogP contribution >= 0.6 is 12.2 Å². The molecule has 1 aliphatic rings. The zero-order chi connectivity index (χ0) is 14.0. The molecule has 0 saturated heterocycles. The number of thiocarbonyl (C=S) groups is 1. The first-order valence-corrected chi connectivity index (χ1v) is 6.50. The lowest BCUT2D eigenvalue weighted by Gasteiger charge is -2.18. The second kappa shape index (κ2) is 9.85. The summed E-state index contributed by atoms with van der Waals surface area (Å²) in [7, 11) is 5.15. The third-order valence-corrected chi connectivity index (χ3v) is 2.84. The van der Waals surface area contributed by atoms with Crippen molar-refractivity contribution in [3.05, 3.63) is 35.6 Å². The Kier molecular flexibility index (Phi) is 9.24.